The zero-order valence-electron chi connectivity index (χ0n) is 25.8. The number of H-pyrrole nitrogens is 1. The van der Waals surface area contributed by atoms with Crippen molar-refractivity contribution in [2.24, 2.45) is 11.8 Å². The highest BCUT2D eigenvalue weighted by molar-refractivity contribution is 5.98. The van der Waals surface area contributed by atoms with E-state index in [1.807, 2.05) is 63.5 Å². The van der Waals surface area contributed by atoms with Gasteiger partial charge in [-0.15, -0.1) is 0 Å². The number of nitrogens with one attached hydrogen (secondary N) is 2. The number of allylic oxidation sites excluding steroid dienone is 1. The summed E-state index contributed by atoms with van der Waals surface area (Å²) in [6.07, 6.45) is 6.25. The van der Waals surface area contributed by atoms with Crippen LogP contribution >= 0.6 is 0 Å². The number of aromatic nitrogens is 1. The van der Waals surface area contributed by atoms with Gasteiger partial charge in [-0.25, -0.2) is 0 Å². The molecule has 0 unspecified atom stereocenters. The molecule has 4 fully saturated rings. The number of aromatic amines is 1. The molecule has 0 radical (unpaired) electrons. The number of piperazine rings is 1. The second-order valence-electron chi connectivity index (χ2n) is 13.7. The Labute approximate surface area is 262 Å². The first-order valence-electron chi connectivity index (χ1n) is 16.1. The lowest BCUT2D eigenvalue weighted by molar-refractivity contribution is -0.321. The van der Waals surface area contributed by atoms with Gasteiger partial charge in [-0.2, -0.15) is 0 Å². The summed E-state index contributed by atoms with van der Waals surface area (Å²) in [6, 6.07) is 14.1. The molecule has 8 rings (SSSR count). The molecule has 1 aromatic heterocycles. The number of hydrogen-bond acceptors (Lipinski definition) is 6. The molecule has 3 N–H and O–H groups in total. The highest BCUT2D eigenvalue weighted by Gasteiger charge is 2.72. The van der Waals surface area contributed by atoms with Crippen LogP contribution in [-0.4, -0.2) is 86.4 Å². The van der Waals surface area contributed by atoms with Crippen molar-refractivity contribution in [1.82, 2.24) is 25.0 Å². The second kappa shape index (κ2) is 9.92. The molecule has 2 aromatic carbocycles. The van der Waals surface area contributed by atoms with Crippen LogP contribution in [0.15, 0.2) is 60.4 Å². The third kappa shape index (κ3) is 3.97. The number of rotatable bonds is 5. The van der Waals surface area contributed by atoms with Gasteiger partial charge < -0.3 is 25.2 Å². The zero-order valence-corrected chi connectivity index (χ0v) is 25.8. The van der Waals surface area contributed by atoms with Crippen molar-refractivity contribution in [2.75, 3.05) is 20.1 Å². The lowest BCUT2D eigenvalue weighted by Gasteiger charge is -2.48. The van der Waals surface area contributed by atoms with E-state index in [1.54, 1.807) is 4.90 Å². The van der Waals surface area contributed by atoms with Crippen LogP contribution in [0.3, 0.4) is 0 Å². The highest BCUT2D eigenvalue weighted by atomic mass is 16.7. The van der Waals surface area contributed by atoms with Crippen LogP contribution in [0, 0.1) is 11.8 Å². The number of fused-ring (bicyclic) bond motifs is 5. The fourth-order valence-electron chi connectivity index (χ4n) is 8.53. The molecular formula is C35H39N5O5. The van der Waals surface area contributed by atoms with Gasteiger partial charge in [0.1, 0.15) is 12.1 Å². The van der Waals surface area contributed by atoms with E-state index < -0.39 is 41.5 Å². The average molecular weight is 610 g/mol. The van der Waals surface area contributed by atoms with Crippen LogP contribution in [0.2, 0.25) is 0 Å². The normalized spacial score (nSPS) is 32.1. The Morgan fingerprint density at radius 1 is 1.16 bits per heavy atom. The summed E-state index contributed by atoms with van der Waals surface area (Å²) in [7, 11) is 2.00. The molecule has 6 atom stereocenters. The van der Waals surface area contributed by atoms with Gasteiger partial charge in [-0.3, -0.25) is 24.0 Å². The van der Waals surface area contributed by atoms with Crippen molar-refractivity contribution in [3.63, 3.8) is 0 Å². The predicted molar refractivity (Wildman–Crippen MR) is 167 cm³/mol. The smallest absolute Gasteiger partial charge is 0.281 e. The third-order valence-corrected chi connectivity index (χ3v) is 10.8. The van der Waals surface area contributed by atoms with E-state index in [2.05, 4.69) is 33.4 Å². The number of nitrogens with zero attached hydrogens (tertiary/aromatic N) is 3. The second-order valence-corrected chi connectivity index (χ2v) is 13.7. The standard InChI is InChI=1S/C35H39N5O5/c1-20(2)34(37-31(41)23-16-25-24-11-7-12-26-30(24)22(18-36-26)17-27(25)38(3)19-23)33(43)40-28(15-21-9-5-4-6-10-21)32(42)39-14-8-13-29(39)35(40,44)45-34/h4-7,9-12,17-18,20,23,25,28-29,36,44H,8,13-16,19H2,1-3H3,(H,37,41)/t23-,25-,28+,29+,34-,35+/m1/s1. The van der Waals surface area contributed by atoms with Gasteiger partial charge in [0, 0.05) is 66.8 Å². The summed E-state index contributed by atoms with van der Waals surface area (Å²) in [5, 5.41) is 16.5. The molecular weight excluding hydrogens is 570 g/mol. The van der Waals surface area contributed by atoms with Crippen molar-refractivity contribution in [3.05, 3.63) is 77.1 Å². The first-order chi connectivity index (χ1) is 21.6. The molecule has 1 aliphatic carbocycles. The number of hydrogen-bond donors (Lipinski definition) is 3. The fourth-order valence-corrected chi connectivity index (χ4v) is 8.53. The number of aliphatic hydroxyl groups is 1. The van der Waals surface area contributed by atoms with Gasteiger partial charge in [-0.05, 0) is 42.5 Å². The summed E-state index contributed by atoms with van der Waals surface area (Å²) >= 11 is 0. The minimum atomic E-state index is -2.05. The van der Waals surface area contributed by atoms with E-state index in [0.29, 0.717) is 32.4 Å². The van der Waals surface area contributed by atoms with E-state index in [0.717, 1.165) is 16.6 Å². The molecule has 0 bridgehead atoms. The largest absolute Gasteiger partial charge is 0.377 e. The number of benzene rings is 2. The maximum absolute atomic E-state index is 14.6. The summed E-state index contributed by atoms with van der Waals surface area (Å²) in [5.74, 6) is -4.05. The van der Waals surface area contributed by atoms with E-state index in [1.165, 1.54) is 21.5 Å². The maximum atomic E-state index is 14.6. The molecule has 3 aromatic rings. The van der Waals surface area contributed by atoms with Crippen LogP contribution in [0.25, 0.3) is 17.0 Å². The van der Waals surface area contributed by atoms with E-state index in [9.17, 15) is 19.5 Å². The molecule has 0 saturated carbocycles. The topological polar surface area (TPSA) is 118 Å². The van der Waals surface area contributed by atoms with Gasteiger partial charge in [0.05, 0.1) is 5.92 Å². The van der Waals surface area contributed by atoms with Crippen molar-refractivity contribution in [1.29, 1.82) is 0 Å². The lowest BCUT2D eigenvalue weighted by Crippen LogP contribution is -2.71. The quantitative estimate of drug-likeness (QED) is 0.409. The number of ether oxygens (including phenoxy) is 1. The van der Waals surface area contributed by atoms with Crippen LogP contribution in [-0.2, 0) is 25.5 Å². The van der Waals surface area contributed by atoms with Crippen molar-refractivity contribution < 1.29 is 24.2 Å². The van der Waals surface area contributed by atoms with Gasteiger partial charge in [0.2, 0.25) is 17.5 Å². The Kier molecular flexibility index (Phi) is 6.25. The average Bonchev–Trinajstić information content (AvgIpc) is 3.74. The van der Waals surface area contributed by atoms with Crippen LogP contribution in [0.1, 0.15) is 55.7 Å². The zero-order chi connectivity index (χ0) is 31.2. The first-order valence-corrected chi connectivity index (χ1v) is 16.1. The maximum Gasteiger partial charge on any atom is 0.281 e. The Morgan fingerprint density at radius 3 is 2.73 bits per heavy atom. The van der Waals surface area contributed by atoms with Crippen molar-refractivity contribution in [2.45, 2.75) is 69.2 Å². The summed E-state index contributed by atoms with van der Waals surface area (Å²) in [5.41, 5.74) is 3.62. The predicted octanol–water partition coefficient (Wildman–Crippen LogP) is 3.15. The van der Waals surface area contributed by atoms with Gasteiger partial charge in [0.15, 0.2) is 0 Å². The number of amides is 3. The SMILES string of the molecule is CC(C)[C@@]1(NC(=O)[C@@H]2C[C@H]3C(=Cc4c[nH]c5cccc3c45)N(C)C2)O[C@@]2(O)[C@@H]3CCCN3C(=O)[C@H](Cc3ccccc3)N2C1=O. The van der Waals surface area contributed by atoms with E-state index >= 15 is 0 Å². The molecule has 0 spiro atoms. The van der Waals surface area contributed by atoms with Crippen LogP contribution in [0.5, 0.6) is 0 Å². The molecule has 234 valence electrons. The molecule has 4 aliphatic heterocycles. The number of likely N-dealkylation sites (tertiary alicyclic amines) is 1. The van der Waals surface area contributed by atoms with Gasteiger partial charge in [-0.1, -0.05) is 56.3 Å². The van der Waals surface area contributed by atoms with Crippen molar-refractivity contribution in [3.8, 4) is 0 Å². The number of likely N-dealkylation sites (N-methyl/N-ethyl adjacent to an activating group) is 1. The van der Waals surface area contributed by atoms with Gasteiger partial charge in [0.25, 0.3) is 11.8 Å². The summed E-state index contributed by atoms with van der Waals surface area (Å²) < 4.78 is 6.50. The molecule has 5 aliphatic rings. The molecule has 3 amide bonds. The Morgan fingerprint density at radius 2 is 1.96 bits per heavy atom. The fraction of sp³-hybridized carbons (Fsp3) is 0.457. The van der Waals surface area contributed by atoms with Crippen LogP contribution in [0.4, 0.5) is 0 Å². The number of piperidine rings is 1. The van der Waals surface area contributed by atoms with E-state index in [-0.39, 0.29) is 24.2 Å². The Hall–Kier alpha value is -4.15. The third-order valence-electron chi connectivity index (χ3n) is 10.8. The lowest BCUT2D eigenvalue weighted by atomic mass is 9.77. The highest BCUT2D eigenvalue weighted by Crippen LogP contribution is 2.49. The monoisotopic (exact) mass is 609 g/mol. The molecule has 4 saturated heterocycles. The molecule has 10 nitrogen and oxygen atoms in total. The first kappa shape index (κ1) is 28.3. The summed E-state index contributed by atoms with van der Waals surface area (Å²) in [6.45, 7) is 4.59. The Balaban J connectivity index is 1.12. The number of carbonyl (C=O) groups excluding carboxylic acids is 3. The van der Waals surface area contributed by atoms with E-state index in [4.69, 9.17) is 4.74 Å². The minimum Gasteiger partial charge on any atom is -0.377 e. The molecule has 5 heterocycles. The van der Waals surface area contributed by atoms with Crippen LogP contribution < -0.4 is 5.32 Å². The Bertz CT molecular complexity index is 1750. The van der Waals surface area contributed by atoms with Gasteiger partial charge >= 0.3 is 0 Å². The number of carbonyl (C=O) groups is 3. The molecule has 10 heteroatoms. The van der Waals surface area contributed by atoms with Crippen molar-refractivity contribution >= 4 is 34.7 Å². The molecule has 45 heavy (non-hydrogen) atoms. The minimum absolute atomic E-state index is 0.0251. The summed E-state index contributed by atoms with van der Waals surface area (Å²) in [4.78, 5) is 51.2.